The first kappa shape index (κ1) is 14.4. The molecule has 0 radical (unpaired) electrons. The molecule has 1 aliphatic rings. The van der Waals surface area contributed by atoms with Crippen LogP contribution in [0.15, 0.2) is 12.1 Å². The predicted molar refractivity (Wildman–Crippen MR) is 77.8 cm³/mol. The van der Waals surface area contributed by atoms with Crippen LogP contribution in [0, 0.1) is 20.8 Å². The maximum absolute atomic E-state index is 10.3. The largest absolute Gasteiger partial charge is 0.490 e. The van der Waals surface area contributed by atoms with E-state index in [4.69, 9.17) is 4.74 Å². The minimum absolute atomic E-state index is 0.316. The maximum Gasteiger partial charge on any atom is 0.122 e. The van der Waals surface area contributed by atoms with Crippen LogP contribution in [-0.2, 0) is 0 Å². The second kappa shape index (κ2) is 5.51. The Bertz CT molecular complexity index is 450. The molecule has 0 heterocycles. The van der Waals surface area contributed by atoms with Crippen molar-refractivity contribution in [3.05, 3.63) is 28.8 Å². The van der Waals surface area contributed by atoms with Gasteiger partial charge in [0.2, 0.25) is 0 Å². The number of rotatable bonds is 6. The lowest BCUT2D eigenvalue weighted by atomic mass is 10.1. The summed E-state index contributed by atoms with van der Waals surface area (Å²) < 4.78 is 5.83. The quantitative estimate of drug-likeness (QED) is 0.828. The smallest absolute Gasteiger partial charge is 0.122 e. The molecule has 1 fully saturated rings. The number of hydrogen-bond donors (Lipinski definition) is 2. The molecule has 106 valence electrons. The fourth-order valence-electron chi connectivity index (χ4n) is 2.09. The standard InChI is InChI=1S/C16H25NO2/c1-11-7-12(2)13(3)15(8-11)19-10-16(4,18)9-17-14-5-6-14/h7-8,14,17-18H,5-6,9-10H2,1-4H3. The van der Waals surface area contributed by atoms with E-state index in [1.165, 1.54) is 24.0 Å². The molecule has 0 aromatic heterocycles. The number of aryl methyl sites for hydroxylation is 2. The lowest BCUT2D eigenvalue weighted by molar-refractivity contribution is 0.0118. The van der Waals surface area contributed by atoms with Gasteiger partial charge in [0.25, 0.3) is 0 Å². The molecule has 0 saturated heterocycles. The Morgan fingerprint density at radius 3 is 2.63 bits per heavy atom. The maximum atomic E-state index is 10.3. The van der Waals surface area contributed by atoms with Gasteiger partial charge in [0.05, 0.1) is 0 Å². The van der Waals surface area contributed by atoms with Crippen LogP contribution in [0.3, 0.4) is 0 Å². The third-order valence-corrected chi connectivity index (χ3v) is 3.65. The Morgan fingerprint density at radius 2 is 2.00 bits per heavy atom. The van der Waals surface area contributed by atoms with Crippen molar-refractivity contribution >= 4 is 0 Å². The van der Waals surface area contributed by atoms with Gasteiger partial charge in [-0.3, -0.25) is 0 Å². The molecule has 1 saturated carbocycles. The molecule has 0 bridgehead atoms. The van der Waals surface area contributed by atoms with Gasteiger partial charge in [-0.05, 0) is 63.3 Å². The number of aliphatic hydroxyl groups is 1. The molecule has 1 aromatic rings. The molecule has 1 atom stereocenters. The SMILES string of the molecule is Cc1cc(C)c(C)c(OCC(C)(O)CNC2CC2)c1. The number of ether oxygens (including phenoxy) is 1. The summed E-state index contributed by atoms with van der Waals surface area (Å²) in [7, 11) is 0. The van der Waals surface area contributed by atoms with Crippen molar-refractivity contribution in [3.63, 3.8) is 0 Å². The normalized spacial score (nSPS) is 18.2. The lowest BCUT2D eigenvalue weighted by Crippen LogP contribution is -2.43. The van der Waals surface area contributed by atoms with E-state index in [-0.39, 0.29) is 0 Å². The van der Waals surface area contributed by atoms with Gasteiger partial charge in [0, 0.05) is 12.6 Å². The molecule has 2 N–H and O–H groups in total. The Hall–Kier alpha value is -1.06. The van der Waals surface area contributed by atoms with Crippen LogP contribution in [-0.4, -0.2) is 29.9 Å². The fourth-order valence-corrected chi connectivity index (χ4v) is 2.09. The summed E-state index contributed by atoms with van der Waals surface area (Å²) in [5.41, 5.74) is 2.74. The summed E-state index contributed by atoms with van der Waals surface area (Å²) in [6.45, 7) is 8.92. The highest BCUT2D eigenvalue weighted by atomic mass is 16.5. The molecule has 3 heteroatoms. The third-order valence-electron chi connectivity index (χ3n) is 3.65. The first-order chi connectivity index (χ1) is 8.87. The van der Waals surface area contributed by atoms with Gasteiger partial charge in [-0.1, -0.05) is 6.07 Å². The van der Waals surface area contributed by atoms with Crippen LogP contribution in [0.4, 0.5) is 0 Å². The predicted octanol–water partition coefficient (Wildman–Crippen LogP) is 2.49. The minimum atomic E-state index is -0.827. The van der Waals surface area contributed by atoms with E-state index in [1.807, 2.05) is 13.0 Å². The van der Waals surface area contributed by atoms with Crippen molar-refractivity contribution in [2.24, 2.45) is 0 Å². The summed E-state index contributed by atoms with van der Waals surface area (Å²) in [5.74, 6) is 0.879. The van der Waals surface area contributed by atoms with Crippen molar-refractivity contribution < 1.29 is 9.84 Å². The average molecular weight is 263 g/mol. The highest BCUT2D eigenvalue weighted by Crippen LogP contribution is 2.24. The first-order valence-corrected chi connectivity index (χ1v) is 7.04. The average Bonchev–Trinajstić information content (AvgIpc) is 3.13. The van der Waals surface area contributed by atoms with Gasteiger partial charge < -0.3 is 15.2 Å². The van der Waals surface area contributed by atoms with E-state index in [0.717, 1.165) is 11.3 Å². The van der Waals surface area contributed by atoms with Gasteiger partial charge in [0.1, 0.15) is 18.0 Å². The van der Waals surface area contributed by atoms with Crippen LogP contribution < -0.4 is 10.1 Å². The van der Waals surface area contributed by atoms with Crippen molar-refractivity contribution in [1.29, 1.82) is 0 Å². The fraction of sp³-hybridized carbons (Fsp3) is 0.625. The van der Waals surface area contributed by atoms with Crippen molar-refractivity contribution in [2.45, 2.75) is 52.2 Å². The van der Waals surface area contributed by atoms with Crippen molar-refractivity contribution in [3.8, 4) is 5.75 Å². The number of benzene rings is 1. The molecule has 3 nitrogen and oxygen atoms in total. The topological polar surface area (TPSA) is 41.5 Å². The Kier molecular flexibility index (Phi) is 4.16. The Balaban J connectivity index is 1.93. The van der Waals surface area contributed by atoms with Crippen LogP contribution in [0.1, 0.15) is 36.5 Å². The molecule has 0 aliphatic heterocycles. The highest BCUT2D eigenvalue weighted by Gasteiger charge is 2.27. The molecule has 0 spiro atoms. The van der Waals surface area contributed by atoms with E-state index < -0.39 is 5.60 Å². The number of hydrogen-bond acceptors (Lipinski definition) is 3. The van der Waals surface area contributed by atoms with Crippen LogP contribution in [0.5, 0.6) is 5.75 Å². The van der Waals surface area contributed by atoms with E-state index >= 15 is 0 Å². The van der Waals surface area contributed by atoms with Gasteiger partial charge in [-0.25, -0.2) is 0 Å². The molecular formula is C16H25NO2. The summed E-state index contributed by atoms with van der Waals surface area (Å²) >= 11 is 0. The molecule has 19 heavy (non-hydrogen) atoms. The molecule has 1 aliphatic carbocycles. The molecule has 1 unspecified atom stereocenters. The molecule has 0 amide bonds. The lowest BCUT2D eigenvalue weighted by Gasteiger charge is -2.25. The zero-order chi connectivity index (χ0) is 14.0. The Morgan fingerprint density at radius 1 is 1.32 bits per heavy atom. The van der Waals surface area contributed by atoms with Gasteiger partial charge in [-0.2, -0.15) is 0 Å². The molecular weight excluding hydrogens is 238 g/mol. The summed E-state index contributed by atoms with van der Waals surface area (Å²) in [6.07, 6.45) is 2.46. The summed E-state index contributed by atoms with van der Waals surface area (Å²) in [5, 5.41) is 13.6. The Labute approximate surface area is 116 Å². The van der Waals surface area contributed by atoms with E-state index in [2.05, 4.69) is 32.2 Å². The summed E-state index contributed by atoms with van der Waals surface area (Å²) in [4.78, 5) is 0. The van der Waals surface area contributed by atoms with E-state index in [9.17, 15) is 5.11 Å². The highest BCUT2D eigenvalue weighted by molar-refractivity contribution is 5.41. The van der Waals surface area contributed by atoms with Gasteiger partial charge in [0.15, 0.2) is 0 Å². The van der Waals surface area contributed by atoms with E-state index in [1.54, 1.807) is 0 Å². The monoisotopic (exact) mass is 263 g/mol. The van der Waals surface area contributed by atoms with Crippen molar-refractivity contribution in [2.75, 3.05) is 13.2 Å². The van der Waals surface area contributed by atoms with E-state index in [0.29, 0.717) is 19.2 Å². The number of nitrogens with one attached hydrogen (secondary N) is 1. The van der Waals surface area contributed by atoms with Crippen molar-refractivity contribution in [1.82, 2.24) is 5.32 Å². The summed E-state index contributed by atoms with van der Waals surface area (Å²) in [6, 6.07) is 4.79. The first-order valence-electron chi connectivity index (χ1n) is 7.04. The second-order valence-corrected chi connectivity index (χ2v) is 6.15. The van der Waals surface area contributed by atoms with Crippen LogP contribution in [0.2, 0.25) is 0 Å². The van der Waals surface area contributed by atoms with Crippen LogP contribution >= 0.6 is 0 Å². The molecule has 1 aromatic carbocycles. The van der Waals surface area contributed by atoms with Gasteiger partial charge in [-0.15, -0.1) is 0 Å². The third kappa shape index (κ3) is 4.22. The zero-order valence-electron chi connectivity index (χ0n) is 12.4. The molecule has 2 rings (SSSR count). The minimum Gasteiger partial charge on any atom is -0.490 e. The van der Waals surface area contributed by atoms with Gasteiger partial charge >= 0.3 is 0 Å². The second-order valence-electron chi connectivity index (χ2n) is 6.15. The van der Waals surface area contributed by atoms with Crippen LogP contribution in [0.25, 0.3) is 0 Å². The zero-order valence-corrected chi connectivity index (χ0v) is 12.4.